The number of carbonyl (C=O) groups is 1. The van der Waals surface area contributed by atoms with Crippen molar-refractivity contribution in [2.75, 3.05) is 18.4 Å². The van der Waals surface area contributed by atoms with Crippen molar-refractivity contribution in [2.24, 2.45) is 0 Å². The summed E-state index contributed by atoms with van der Waals surface area (Å²) in [6.45, 7) is 2.20. The highest BCUT2D eigenvalue weighted by molar-refractivity contribution is 7.92. The van der Waals surface area contributed by atoms with E-state index in [9.17, 15) is 17.6 Å². The number of benzene rings is 2. The SMILES string of the molecule is COCC(C)NC(=O)c1ccc(NS(=O)(=O)c2ccc(F)cc2)cc1. The van der Waals surface area contributed by atoms with E-state index in [1.165, 1.54) is 36.4 Å². The average molecular weight is 366 g/mol. The molecule has 0 fully saturated rings. The number of ether oxygens (including phenoxy) is 1. The minimum absolute atomic E-state index is 0.0518. The molecule has 2 rings (SSSR count). The predicted molar refractivity (Wildman–Crippen MR) is 92.5 cm³/mol. The molecule has 6 nitrogen and oxygen atoms in total. The van der Waals surface area contributed by atoms with Crippen molar-refractivity contribution in [3.63, 3.8) is 0 Å². The molecule has 0 saturated carbocycles. The molecule has 0 aliphatic heterocycles. The first-order chi connectivity index (χ1) is 11.8. The average Bonchev–Trinajstić information content (AvgIpc) is 2.55. The van der Waals surface area contributed by atoms with E-state index in [-0.39, 0.29) is 16.8 Å². The highest BCUT2D eigenvalue weighted by Gasteiger charge is 2.15. The summed E-state index contributed by atoms with van der Waals surface area (Å²) in [5, 5.41) is 2.76. The van der Waals surface area contributed by atoms with Gasteiger partial charge in [0.15, 0.2) is 0 Å². The number of hydrogen-bond acceptors (Lipinski definition) is 4. The number of sulfonamides is 1. The summed E-state index contributed by atoms with van der Waals surface area (Å²) in [5.74, 6) is -0.797. The number of nitrogens with one attached hydrogen (secondary N) is 2. The van der Waals surface area contributed by atoms with Crippen LogP contribution in [0.5, 0.6) is 0 Å². The summed E-state index contributed by atoms with van der Waals surface area (Å²) in [5.41, 5.74) is 0.693. The second-order valence-corrected chi connectivity index (χ2v) is 7.15. The van der Waals surface area contributed by atoms with E-state index in [0.717, 1.165) is 12.1 Å². The van der Waals surface area contributed by atoms with Gasteiger partial charge in [0.05, 0.1) is 11.5 Å². The van der Waals surface area contributed by atoms with Gasteiger partial charge in [-0.1, -0.05) is 0 Å². The van der Waals surface area contributed by atoms with E-state index in [2.05, 4.69) is 10.0 Å². The van der Waals surface area contributed by atoms with Crippen LogP contribution in [0.2, 0.25) is 0 Å². The van der Waals surface area contributed by atoms with Gasteiger partial charge in [-0.05, 0) is 55.5 Å². The molecule has 2 aromatic rings. The summed E-state index contributed by atoms with van der Waals surface area (Å²) in [6.07, 6.45) is 0. The molecule has 25 heavy (non-hydrogen) atoms. The smallest absolute Gasteiger partial charge is 0.261 e. The normalized spacial score (nSPS) is 12.4. The van der Waals surface area contributed by atoms with Gasteiger partial charge in [0, 0.05) is 24.4 Å². The molecule has 2 N–H and O–H groups in total. The molecular formula is C17H19FN2O4S. The standard InChI is InChI=1S/C17H19FN2O4S/c1-12(11-24-2)19-17(21)13-3-7-15(8-4-13)20-25(22,23)16-9-5-14(18)6-10-16/h3-10,12,20H,11H2,1-2H3,(H,19,21). The van der Waals surface area contributed by atoms with Crippen molar-refractivity contribution in [2.45, 2.75) is 17.9 Å². The molecule has 1 atom stereocenters. The maximum absolute atomic E-state index is 12.9. The number of anilines is 1. The second kappa shape index (κ2) is 8.09. The third-order valence-corrected chi connectivity index (χ3v) is 4.71. The molecule has 8 heteroatoms. The van der Waals surface area contributed by atoms with Gasteiger partial charge in [0.25, 0.3) is 15.9 Å². The van der Waals surface area contributed by atoms with E-state index in [4.69, 9.17) is 4.74 Å². The Morgan fingerprint density at radius 1 is 1.12 bits per heavy atom. The monoisotopic (exact) mass is 366 g/mol. The Kier molecular flexibility index (Phi) is 6.11. The zero-order valence-electron chi connectivity index (χ0n) is 13.8. The Morgan fingerprint density at radius 3 is 2.28 bits per heavy atom. The van der Waals surface area contributed by atoms with E-state index in [0.29, 0.717) is 17.9 Å². The van der Waals surface area contributed by atoms with Gasteiger partial charge in [-0.3, -0.25) is 9.52 Å². The Morgan fingerprint density at radius 2 is 1.72 bits per heavy atom. The van der Waals surface area contributed by atoms with Crippen LogP contribution in [-0.2, 0) is 14.8 Å². The fourth-order valence-corrected chi connectivity index (χ4v) is 3.17. The minimum Gasteiger partial charge on any atom is -0.383 e. The lowest BCUT2D eigenvalue weighted by molar-refractivity contribution is 0.0905. The van der Waals surface area contributed by atoms with Crippen molar-refractivity contribution in [1.82, 2.24) is 5.32 Å². The Labute approximate surface area is 146 Å². The summed E-state index contributed by atoms with van der Waals surface area (Å²) >= 11 is 0. The number of methoxy groups -OCH3 is 1. The molecule has 0 spiro atoms. The molecule has 1 amide bonds. The van der Waals surface area contributed by atoms with Crippen LogP contribution in [0.15, 0.2) is 53.4 Å². The third-order valence-electron chi connectivity index (χ3n) is 3.32. The van der Waals surface area contributed by atoms with E-state index >= 15 is 0 Å². The molecule has 0 aliphatic rings. The van der Waals surface area contributed by atoms with Crippen molar-refractivity contribution in [1.29, 1.82) is 0 Å². The van der Waals surface area contributed by atoms with Crippen LogP contribution in [0.3, 0.4) is 0 Å². The van der Waals surface area contributed by atoms with Crippen molar-refractivity contribution < 1.29 is 22.3 Å². The quantitative estimate of drug-likeness (QED) is 0.788. The molecule has 0 aromatic heterocycles. The summed E-state index contributed by atoms with van der Waals surface area (Å²) in [6, 6.07) is 10.3. The minimum atomic E-state index is -3.82. The van der Waals surface area contributed by atoms with Crippen LogP contribution in [0.1, 0.15) is 17.3 Å². The fourth-order valence-electron chi connectivity index (χ4n) is 2.12. The van der Waals surface area contributed by atoms with E-state index in [1.807, 2.05) is 6.92 Å². The third kappa shape index (κ3) is 5.27. The maximum Gasteiger partial charge on any atom is 0.261 e. The van der Waals surface area contributed by atoms with Gasteiger partial charge in [0.2, 0.25) is 0 Å². The van der Waals surface area contributed by atoms with Crippen LogP contribution in [-0.4, -0.2) is 34.1 Å². The van der Waals surface area contributed by atoms with Crippen LogP contribution in [0.4, 0.5) is 10.1 Å². The summed E-state index contributed by atoms with van der Waals surface area (Å²) in [7, 11) is -2.28. The van der Waals surface area contributed by atoms with Gasteiger partial charge in [0.1, 0.15) is 5.82 Å². The van der Waals surface area contributed by atoms with Gasteiger partial charge in [-0.2, -0.15) is 0 Å². The van der Waals surface area contributed by atoms with Crippen molar-refractivity contribution >= 4 is 21.6 Å². The lowest BCUT2D eigenvalue weighted by Gasteiger charge is -2.13. The first-order valence-corrected chi connectivity index (χ1v) is 8.98. The van der Waals surface area contributed by atoms with E-state index < -0.39 is 15.8 Å². The summed E-state index contributed by atoms with van der Waals surface area (Å²) in [4.78, 5) is 12.0. The molecular weight excluding hydrogens is 347 g/mol. The lowest BCUT2D eigenvalue weighted by atomic mass is 10.2. The van der Waals surface area contributed by atoms with Gasteiger partial charge < -0.3 is 10.1 Å². The Bertz CT molecular complexity index is 821. The Hall–Kier alpha value is -2.45. The van der Waals surface area contributed by atoms with Gasteiger partial charge >= 0.3 is 0 Å². The molecule has 0 radical (unpaired) electrons. The largest absolute Gasteiger partial charge is 0.383 e. The first kappa shape index (κ1) is 18.9. The van der Waals surface area contributed by atoms with Crippen LogP contribution >= 0.6 is 0 Å². The molecule has 0 heterocycles. The summed E-state index contributed by atoms with van der Waals surface area (Å²) < 4.78 is 44.7. The lowest BCUT2D eigenvalue weighted by Crippen LogP contribution is -2.35. The highest BCUT2D eigenvalue weighted by Crippen LogP contribution is 2.17. The number of halogens is 1. The maximum atomic E-state index is 12.9. The topological polar surface area (TPSA) is 84.5 Å². The van der Waals surface area contributed by atoms with Crippen LogP contribution < -0.4 is 10.0 Å². The predicted octanol–water partition coefficient (Wildman–Crippen LogP) is 2.39. The van der Waals surface area contributed by atoms with Crippen molar-refractivity contribution in [3.05, 3.63) is 59.9 Å². The van der Waals surface area contributed by atoms with Gasteiger partial charge in [-0.25, -0.2) is 12.8 Å². The first-order valence-electron chi connectivity index (χ1n) is 7.50. The molecule has 134 valence electrons. The number of hydrogen-bond donors (Lipinski definition) is 2. The number of rotatable bonds is 7. The van der Waals surface area contributed by atoms with Crippen LogP contribution in [0.25, 0.3) is 0 Å². The zero-order chi connectivity index (χ0) is 18.4. The molecule has 0 saturated heterocycles. The number of carbonyl (C=O) groups excluding carboxylic acids is 1. The molecule has 2 aromatic carbocycles. The molecule has 0 bridgehead atoms. The van der Waals surface area contributed by atoms with Gasteiger partial charge in [-0.15, -0.1) is 0 Å². The van der Waals surface area contributed by atoms with Crippen LogP contribution in [0, 0.1) is 5.82 Å². The fraction of sp³-hybridized carbons (Fsp3) is 0.235. The van der Waals surface area contributed by atoms with E-state index in [1.54, 1.807) is 7.11 Å². The second-order valence-electron chi connectivity index (χ2n) is 5.47. The molecule has 0 aliphatic carbocycles. The number of amides is 1. The zero-order valence-corrected chi connectivity index (χ0v) is 14.6. The van der Waals surface area contributed by atoms with Crippen molar-refractivity contribution in [3.8, 4) is 0 Å². The Balaban J connectivity index is 2.07. The molecule has 1 unspecified atom stereocenters. The highest BCUT2D eigenvalue weighted by atomic mass is 32.2.